The average Bonchev–Trinajstić information content (AvgIpc) is 2.23. The molecule has 0 bridgehead atoms. The van der Waals surface area contributed by atoms with Gasteiger partial charge < -0.3 is 10.4 Å². The second kappa shape index (κ2) is 5.62. The SMILES string of the molecule is CS(=O)(=O)c1cc(CCCNC(=O)O)ccn1. The zero-order valence-electron chi connectivity index (χ0n) is 9.38. The molecule has 0 atom stereocenters. The molecule has 0 fully saturated rings. The highest BCUT2D eigenvalue weighted by atomic mass is 32.2. The molecule has 7 heteroatoms. The zero-order chi connectivity index (χ0) is 12.9. The molecule has 0 aliphatic heterocycles. The third-order valence-corrected chi connectivity index (χ3v) is 3.08. The Morgan fingerprint density at radius 2 is 2.24 bits per heavy atom. The highest BCUT2D eigenvalue weighted by Crippen LogP contribution is 2.09. The number of pyridine rings is 1. The van der Waals surface area contributed by atoms with Crippen LogP contribution in [0.5, 0.6) is 0 Å². The van der Waals surface area contributed by atoms with Gasteiger partial charge in [-0.15, -0.1) is 0 Å². The van der Waals surface area contributed by atoms with E-state index in [9.17, 15) is 13.2 Å². The lowest BCUT2D eigenvalue weighted by molar-refractivity contribution is 0.194. The third-order valence-electron chi connectivity index (χ3n) is 2.10. The van der Waals surface area contributed by atoms with E-state index in [4.69, 9.17) is 5.11 Å². The van der Waals surface area contributed by atoms with Crippen molar-refractivity contribution < 1.29 is 18.3 Å². The Labute approximate surface area is 99.6 Å². The summed E-state index contributed by atoms with van der Waals surface area (Å²) < 4.78 is 22.5. The Morgan fingerprint density at radius 3 is 2.82 bits per heavy atom. The van der Waals surface area contributed by atoms with Crippen LogP contribution in [0.25, 0.3) is 0 Å². The summed E-state index contributed by atoms with van der Waals surface area (Å²) in [7, 11) is -3.29. The number of sulfone groups is 1. The maximum absolute atomic E-state index is 11.3. The molecule has 1 heterocycles. The first-order valence-electron chi connectivity index (χ1n) is 5.01. The second-order valence-electron chi connectivity index (χ2n) is 3.61. The van der Waals surface area contributed by atoms with Crippen LogP contribution in [-0.4, -0.2) is 37.4 Å². The number of carboxylic acid groups (broad SMARTS) is 1. The maximum Gasteiger partial charge on any atom is 0.404 e. The van der Waals surface area contributed by atoms with E-state index in [1.54, 1.807) is 6.07 Å². The Bertz CT molecular complexity index is 499. The van der Waals surface area contributed by atoms with Crippen LogP contribution in [0.4, 0.5) is 4.79 Å². The van der Waals surface area contributed by atoms with Gasteiger partial charge >= 0.3 is 6.09 Å². The van der Waals surface area contributed by atoms with E-state index in [0.717, 1.165) is 11.8 Å². The van der Waals surface area contributed by atoms with Crippen molar-refractivity contribution in [3.05, 3.63) is 23.9 Å². The summed E-state index contributed by atoms with van der Waals surface area (Å²) in [6, 6.07) is 3.23. The number of rotatable bonds is 5. The van der Waals surface area contributed by atoms with Crippen LogP contribution in [0.3, 0.4) is 0 Å². The van der Waals surface area contributed by atoms with Crippen LogP contribution in [0, 0.1) is 0 Å². The van der Waals surface area contributed by atoms with Crippen LogP contribution in [0.2, 0.25) is 0 Å². The quantitative estimate of drug-likeness (QED) is 0.757. The van der Waals surface area contributed by atoms with Gasteiger partial charge in [0, 0.05) is 19.0 Å². The van der Waals surface area contributed by atoms with Gasteiger partial charge in [-0.3, -0.25) is 0 Å². The van der Waals surface area contributed by atoms with Crippen molar-refractivity contribution in [3.63, 3.8) is 0 Å². The molecule has 0 saturated heterocycles. The molecular formula is C10H14N2O4S. The Balaban J connectivity index is 2.58. The molecule has 0 spiro atoms. The molecule has 17 heavy (non-hydrogen) atoms. The smallest absolute Gasteiger partial charge is 0.404 e. The van der Waals surface area contributed by atoms with Gasteiger partial charge in [0.05, 0.1) is 0 Å². The predicted molar refractivity (Wildman–Crippen MR) is 61.7 cm³/mol. The molecule has 2 N–H and O–H groups in total. The summed E-state index contributed by atoms with van der Waals surface area (Å²) in [5, 5.41) is 10.6. The fourth-order valence-corrected chi connectivity index (χ4v) is 1.91. The van der Waals surface area contributed by atoms with Crippen molar-refractivity contribution in [3.8, 4) is 0 Å². The topological polar surface area (TPSA) is 96.4 Å². The molecule has 0 aliphatic carbocycles. The molecule has 1 aromatic heterocycles. The molecule has 0 radical (unpaired) electrons. The van der Waals surface area contributed by atoms with Crippen molar-refractivity contribution in [2.75, 3.05) is 12.8 Å². The fraction of sp³-hybridized carbons (Fsp3) is 0.400. The molecule has 0 saturated carbocycles. The number of hydrogen-bond donors (Lipinski definition) is 2. The van der Waals surface area contributed by atoms with E-state index in [1.165, 1.54) is 12.3 Å². The molecule has 1 aromatic rings. The van der Waals surface area contributed by atoms with Gasteiger partial charge in [-0.1, -0.05) is 0 Å². The lowest BCUT2D eigenvalue weighted by Crippen LogP contribution is -2.22. The normalized spacial score (nSPS) is 11.1. The lowest BCUT2D eigenvalue weighted by atomic mass is 10.1. The molecule has 1 rings (SSSR count). The van der Waals surface area contributed by atoms with Crippen LogP contribution in [-0.2, 0) is 16.3 Å². The minimum Gasteiger partial charge on any atom is -0.465 e. The Kier molecular flexibility index (Phi) is 4.45. The van der Waals surface area contributed by atoms with Crippen molar-refractivity contribution in [2.24, 2.45) is 0 Å². The van der Waals surface area contributed by atoms with Gasteiger partial charge in [-0.2, -0.15) is 0 Å². The van der Waals surface area contributed by atoms with Crippen LogP contribution in [0.15, 0.2) is 23.4 Å². The van der Waals surface area contributed by atoms with E-state index in [2.05, 4.69) is 10.3 Å². The fourth-order valence-electron chi connectivity index (χ4n) is 1.30. The highest BCUT2D eigenvalue weighted by molar-refractivity contribution is 7.90. The first-order chi connectivity index (χ1) is 7.89. The molecule has 0 aliphatic rings. The number of carbonyl (C=O) groups is 1. The predicted octanol–water partition coefficient (Wildman–Crippen LogP) is 0.685. The van der Waals surface area contributed by atoms with Crippen LogP contribution >= 0.6 is 0 Å². The lowest BCUT2D eigenvalue weighted by Gasteiger charge is -2.03. The molecule has 1 amide bonds. The second-order valence-corrected chi connectivity index (χ2v) is 5.57. The number of amides is 1. The number of hydrogen-bond acceptors (Lipinski definition) is 4. The van der Waals surface area contributed by atoms with Crippen LogP contribution < -0.4 is 5.32 Å². The average molecular weight is 258 g/mol. The minimum atomic E-state index is -3.29. The molecule has 0 unspecified atom stereocenters. The molecule has 94 valence electrons. The first-order valence-corrected chi connectivity index (χ1v) is 6.90. The number of aryl methyl sites for hydroxylation is 1. The number of nitrogens with zero attached hydrogens (tertiary/aromatic N) is 1. The maximum atomic E-state index is 11.3. The standard InChI is InChI=1S/C10H14N2O4S/c1-17(15,16)9-7-8(4-6-11-9)3-2-5-12-10(13)14/h4,6-7,12H,2-3,5H2,1H3,(H,13,14). The summed E-state index contributed by atoms with van der Waals surface area (Å²) >= 11 is 0. The van der Waals surface area contributed by atoms with Crippen LogP contribution in [0.1, 0.15) is 12.0 Å². The number of aromatic nitrogens is 1. The van der Waals surface area contributed by atoms with Gasteiger partial charge in [0.1, 0.15) is 0 Å². The van der Waals surface area contributed by atoms with E-state index < -0.39 is 15.9 Å². The van der Waals surface area contributed by atoms with E-state index in [0.29, 0.717) is 19.4 Å². The van der Waals surface area contributed by atoms with Crippen molar-refractivity contribution in [1.82, 2.24) is 10.3 Å². The van der Waals surface area contributed by atoms with E-state index in [1.807, 2.05) is 0 Å². The summed E-state index contributed by atoms with van der Waals surface area (Å²) in [5.74, 6) is 0. The van der Waals surface area contributed by atoms with Gasteiger partial charge in [-0.25, -0.2) is 18.2 Å². The minimum absolute atomic E-state index is 0.0428. The van der Waals surface area contributed by atoms with Crippen molar-refractivity contribution in [1.29, 1.82) is 0 Å². The van der Waals surface area contributed by atoms with Gasteiger partial charge in [0.15, 0.2) is 14.9 Å². The highest BCUT2D eigenvalue weighted by Gasteiger charge is 2.08. The Morgan fingerprint density at radius 1 is 1.53 bits per heavy atom. The van der Waals surface area contributed by atoms with E-state index in [-0.39, 0.29) is 5.03 Å². The first kappa shape index (κ1) is 13.4. The zero-order valence-corrected chi connectivity index (χ0v) is 10.2. The van der Waals surface area contributed by atoms with Gasteiger partial charge in [0.2, 0.25) is 0 Å². The van der Waals surface area contributed by atoms with Crippen molar-refractivity contribution >= 4 is 15.9 Å². The summed E-state index contributed by atoms with van der Waals surface area (Å²) in [4.78, 5) is 14.0. The van der Waals surface area contributed by atoms with Crippen molar-refractivity contribution in [2.45, 2.75) is 17.9 Å². The Hall–Kier alpha value is -1.63. The number of nitrogens with one attached hydrogen (secondary N) is 1. The molecule has 6 nitrogen and oxygen atoms in total. The van der Waals surface area contributed by atoms with E-state index >= 15 is 0 Å². The van der Waals surface area contributed by atoms with Gasteiger partial charge in [0.25, 0.3) is 0 Å². The summed E-state index contributed by atoms with van der Waals surface area (Å²) in [5.41, 5.74) is 0.826. The summed E-state index contributed by atoms with van der Waals surface area (Å²) in [6.07, 6.45) is 2.70. The molecule has 0 aromatic carbocycles. The third kappa shape index (κ3) is 4.81. The van der Waals surface area contributed by atoms with Gasteiger partial charge in [-0.05, 0) is 30.5 Å². The molecular weight excluding hydrogens is 244 g/mol. The monoisotopic (exact) mass is 258 g/mol. The summed E-state index contributed by atoms with van der Waals surface area (Å²) in [6.45, 7) is 0.339. The largest absolute Gasteiger partial charge is 0.465 e.